The van der Waals surface area contributed by atoms with E-state index in [-0.39, 0.29) is 11.7 Å². The van der Waals surface area contributed by atoms with Crippen LogP contribution in [0.5, 0.6) is 5.75 Å². The van der Waals surface area contributed by atoms with Crippen molar-refractivity contribution in [2.45, 2.75) is 24.9 Å². The Hall–Kier alpha value is -1.99. The molecule has 0 atom stereocenters. The fourth-order valence-electron chi connectivity index (χ4n) is 3.14. The van der Waals surface area contributed by atoms with Crippen molar-refractivity contribution in [1.29, 1.82) is 0 Å². The van der Waals surface area contributed by atoms with Gasteiger partial charge < -0.3 is 14.8 Å². The van der Waals surface area contributed by atoms with Crippen molar-refractivity contribution in [3.05, 3.63) is 58.6 Å². The molecule has 1 heterocycles. The quantitative estimate of drug-likeness (QED) is 0.752. The number of amides is 1. The van der Waals surface area contributed by atoms with Crippen LogP contribution in [0.4, 0.5) is 14.5 Å². The molecular weight excluding hydrogens is 408 g/mol. The second kappa shape index (κ2) is 8.14. The Morgan fingerprint density at radius 2 is 1.85 bits per heavy atom. The Bertz CT molecular complexity index is 762. The lowest BCUT2D eigenvalue weighted by atomic mass is 9.73. The molecule has 2 aromatic rings. The van der Waals surface area contributed by atoms with E-state index in [0.717, 1.165) is 10.0 Å². The van der Waals surface area contributed by atoms with E-state index in [1.165, 1.54) is 12.1 Å². The predicted octanol–water partition coefficient (Wildman–Crippen LogP) is 4.74. The number of alkyl halides is 2. The zero-order valence-electron chi connectivity index (χ0n) is 13.9. The summed E-state index contributed by atoms with van der Waals surface area (Å²) in [5, 5.41) is 2.85. The first-order valence-electron chi connectivity index (χ1n) is 8.20. The lowest BCUT2D eigenvalue weighted by Gasteiger charge is -2.36. The lowest BCUT2D eigenvalue weighted by molar-refractivity contribution is -0.125. The third kappa shape index (κ3) is 4.22. The van der Waals surface area contributed by atoms with E-state index >= 15 is 0 Å². The van der Waals surface area contributed by atoms with Crippen LogP contribution < -0.4 is 10.1 Å². The van der Waals surface area contributed by atoms with Gasteiger partial charge in [-0.25, -0.2) is 0 Å². The number of benzene rings is 2. The molecule has 1 saturated heterocycles. The van der Waals surface area contributed by atoms with Crippen molar-refractivity contribution in [2.75, 3.05) is 18.5 Å². The molecule has 0 aliphatic carbocycles. The Labute approximate surface area is 158 Å². The summed E-state index contributed by atoms with van der Waals surface area (Å²) in [4.78, 5) is 13.1. The van der Waals surface area contributed by atoms with Gasteiger partial charge in [0.25, 0.3) is 0 Å². The monoisotopic (exact) mass is 425 g/mol. The summed E-state index contributed by atoms with van der Waals surface area (Å²) in [6.45, 7) is -1.94. The van der Waals surface area contributed by atoms with Gasteiger partial charge in [-0.15, -0.1) is 0 Å². The first-order chi connectivity index (χ1) is 12.5. The van der Waals surface area contributed by atoms with Crippen LogP contribution in [0.3, 0.4) is 0 Å². The molecule has 0 bridgehead atoms. The molecule has 0 unspecified atom stereocenters. The summed E-state index contributed by atoms with van der Waals surface area (Å²) in [6.07, 6.45) is 1.10. The molecule has 7 heteroatoms. The highest BCUT2D eigenvalue weighted by Gasteiger charge is 2.41. The molecule has 1 N–H and O–H groups in total. The van der Waals surface area contributed by atoms with Gasteiger partial charge in [-0.3, -0.25) is 4.79 Å². The molecule has 1 aliphatic heterocycles. The van der Waals surface area contributed by atoms with Crippen molar-refractivity contribution < 1.29 is 23.0 Å². The van der Waals surface area contributed by atoms with E-state index in [4.69, 9.17) is 4.74 Å². The molecule has 1 amide bonds. The lowest BCUT2D eigenvalue weighted by Crippen LogP contribution is -2.44. The molecule has 0 saturated carbocycles. The van der Waals surface area contributed by atoms with Crippen LogP contribution in [0.25, 0.3) is 0 Å². The van der Waals surface area contributed by atoms with Crippen molar-refractivity contribution in [1.82, 2.24) is 0 Å². The van der Waals surface area contributed by atoms with Crippen molar-refractivity contribution >= 4 is 27.5 Å². The van der Waals surface area contributed by atoms with Gasteiger partial charge >= 0.3 is 6.61 Å². The molecular formula is C19H18BrF2NO3. The highest BCUT2D eigenvalue weighted by Crippen LogP contribution is 2.37. The molecule has 1 fully saturated rings. The molecule has 26 heavy (non-hydrogen) atoms. The van der Waals surface area contributed by atoms with Crippen molar-refractivity contribution in [3.8, 4) is 5.75 Å². The minimum Gasteiger partial charge on any atom is -0.435 e. The summed E-state index contributed by atoms with van der Waals surface area (Å²) in [6, 6.07) is 13.7. The Kier molecular flexibility index (Phi) is 5.88. The van der Waals surface area contributed by atoms with Gasteiger partial charge in [-0.2, -0.15) is 8.78 Å². The second-order valence-electron chi connectivity index (χ2n) is 6.06. The number of rotatable bonds is 5. The summed E-state index contributed by atoms with van der Waals surface area (Å²) in [7, 11) is 0. The Morgan fingerprint density at radius 3 is 2.50 bits per heavy atom. The number of nitrogens with one attached hydrogen (secondary N) is 1. The average Bonchev–Trinajstić information content (AvgIpc) is 2.62. The van der Waals surface area contributed by atoms with Crippen LogP contribution in [-0.4, -0.2) is 25.7 Å². The van der Waals surface area contributed by atoms with Gasteiger partial charge in [-0.05, 0) is 42.7 Å². The van der Waals surface area contributed by atoms with Gasteiger partial charge in [0.15, 0.2) is 0 Å². The van der Waals surface area contributed by atoms with Gasteiger partial charge in [0.1, 0.15) is 5.75 Å². The maximum atomic E-state index is 13.1. The van der Waals surface area contributed by atoms with Crippen LogP contribution >= 0.6 is 15.9 Å². The Morgan fingerprint density at radius 1 is 1.15 bits per heavy atom. The van der Waals surface area contributed by atoms with Crippen LogP contribution in [0.2, 0.25) is 0 Å². The fraction of sp³-hybridized carbons (Fsp3) is 0.316. The first-order valence-corrected chi connectivity index (χ1v) is 8.99. The maximum absolute atomic E-state index is 13.1. The molecule has 3 rings (SSSR count). The third-order valence-electron chi connectivity index (χ3n) is 4.49. The zero-order chi connectivity index (χ0) is 18.6. The maximum Gasteiger partial charge on any atom is 0.387 e. The molecule has 4 nitrogen and oxygen atoms in total. The van der Waals surface area contributed by atoms with Gasteiger partial charge in [-0.1, -0.05) is 34.1 Å². The Balaban J connectivity index is 1.86. The number of carbonyl (C=O) groups excluding carboxylic acids is 1. The first kappa shape index (κ1) is 18.8. The van der Waals surface area contributed by atoms with E-state index < -0.39 is 12.0 Å². The number of halogens is 3. The number of ether oxygens (including phenoxy) is 2. The number of hydrogen-bond acceptors (Lipinski definition) is 3. The van der Waals surface area contributed by atoms with Crippen LogP contribution in [0.1, 0.15) is 18.4 Å². The summed E-state index contributed by atoms with van der Waals surface area (Å²) < 4.78 is 35.6. The van der Waals surface area contributed by atoms with Crippen LogP contribution in [0, 0.1) is 0 Å². The average molecular weight is 426 g/mol. The minimum atomic E-state index is -2.91. The molecule has 1 aliphatic rings. The zero-order valence-corrected chi connectivity index (χ0v) is 15.5. The molecule has 0 aromatic heterocycles. The fourth-order valence-corrected chi connectivity index (χ4v) is 3.40. The largest absolute Gasteiger partial charge is 0.435 e. The highest BCUT2D eigenvalue weighted by atomic mass is 79.9. The third-order valence-corrected chi connectivity index (χ3v) is 5.02. The van der Waals surface area contributed by atoms with Gasteiger partial charge in [0.05, 0.1) is 5.41 Å². The molecule has 0 spiro atoms. The van der Waals surface area contributed by atoms with E-state index in [1.54, 1.807) is 12.1 Å². The summed E-state index contributed by atoms with van der Waals surface area (Å²) in [5.74, 6) is -0.181. The smallest absolute Gasteiger partial charge is 0.387 e. The van der Waals surface area contributed by atoms with Crippen LogP contribution in [-0.2, 0) is 14.9 Å². The minimum absolute atomic E-state index is 0.00229. The summed E-state index contributed by atoms with van der Waals surface area (Å²) in [5.41, 5.74) is 0.594. The van der Waals surface area contributed by atoms with E-state index in [0.29, 0.717) is 31.7 Å². The van der Waals surface area contributed by atoms with Gasteiger partial charge in [0, 0.05) is 29.4 Å². The summed E-state index contributed by atoms with van der Waals surface area (Å²) >= 11 is 3.41. The predicted molar refractivity (Wildman–Crippen MR) is 97.6 cm³/mol. The SMILES string of the molecule is O=C(Nc1cccc(OC(F)F)c1)C1(c2ccc(Br)cc2)CCOCC1. The van der Waals surface area contributed by atoms with Crippen molar-refractivity contribution in [3.63, 3.8) is 0 Å². The number of hydrogen-bond donors (Lipinski definition) is 1. The molecule has 2 aromatic carbocycles. The number of carbonyl (C=O) groups is 1. The second-order valence-corrected chi connectivity index (χ2v) is 6.98. The van der Waals surface area contributed by atoms with E-state index in [2.05, 4.69) is 26.0 Å². The number of anilines is 1. The molecule has 0 radical (unpaired) electrons. The highest BCUT2D eigenvalue weighted by molar-refractivity contribution is 9.10. The van der Waals surface area contributed by atoms with Crippen LogP contribution in [0.15, 0.2) is 53.0 Å². The standard InChI is InChI=1S/C19H18BrF2NO3/c20-14-6-4-13(5-7-14)19(8-10-25-11-9-19)17(24)23-15-2-1-3-16(12-15)26-18(21)22/h1-7,12,18H,8-11H2,(H,23,24). The van der Waals surface area contributed by atoms with Gasteiger partial charge in [0.2, 0.25) is 5.91 Å². The molecule has 138 valence electrons. The van der Waals surface area contributed by atoms with E-state index in [1.807, 2.05) is 24.3 Å². The topological polar surface area (TPSA) is 47.6 Å². The van der Waals surface area contributed by atoms with E-state index in [9.17, 15) is 13.6 Å². The normalized spacial score (nSPS) is 16.3. The van der Waals surface area contributed by atoms with Crippen molar-refractivity contribution in [2.24, 2.45) is 0 Å².